The number of aromatic amines is 1. The maximum Gasteiger partial charge on any atom is 0.321 e. The summed E-state index contributed by atoms with van der Waals surface area (Å²) >= 11 is 0. The fraction of sp³-hybridized carbons (Fsp3) is 0.469. The summed E-state index contributed by atoms with van der Waals surface area (Å²) in [6.07, 6.45) is 3.83. The SMILES string of the molecule is COc1ccc(CN(C(=O)N2CCOCC2)C(c2cn[nH]c2C(=O)Nc2cc(C)c(C)cc2N)C2CCCCO2)c(OC)c1. The molecule has 3 aromatic rings. The first-order valence-electron chi connectivity index (χ1n) is 15.0. The van der Waals surface area contributed by atoms with Crippen LogP contribution < -0.4 is 20.5 Å². The van der Waals surface area contributed by atoms with Crippen molar-refractivity contribution < 1.29 is 28.5 Å². The lowest BCUT2D eigenvalue weighted by Gasteiger charge is -2.41. The number of methoxy groups -OCH3 is 2. The summed E-state index contributed by atoms with van der Waals surface area (Å²) in [5.41, 5.74) is 10.9. The van der Waals surface area contributed by atoms with Crippen LogP contribution in [0.2, 0.25) is 0 Å². The van der Waals surface area contributed by atoms with Crippen LogP contribution >= 0.6 is 0 Å². The van der Waals surface area contributed by atoms with E-state index in [0.29, 0.717) is 67.8 Å². The van der Waals surface area contributed by atoms with Gasteiger partial charge in [0.1, 0.15) is 17.2 Å². The van der Waals surface area contributed by atoms with Crippen LogP contribution in [0.1, 0.15) is 58.0 Å². The number of nitrogen functional groups attached to an aromatic ring is 1. The van der Waals surface area contributed by atoms with E-state index in [9.17, 15) is 9.59 Å². The number of rotatable bonds is 9. The number of hydrogen-bond acceptors (Lipinski definition) is 8. The van der Waals surface area contributed by atoms with E-state index in [0.717, 1.165) is 29.5 Å². The number of nitrogens with one attached hydrogen (secondary N) is 2. The predicted octanol–water partition coefficient (Wildman–Crippen LogP) is 4.44. The fourth-order valence-corrected chi connectivity index (χ4v) is 5.80. The van der Waals surface area contributed by atoms with Gasteiger partial charge in [-0.15, -0.1) is 0 Å². The lowest BCUT2D eigenvalue weighted by molar-refractivity contribution is -0.0418. The number of benzene rings is 2. The molecule has 3 heterocycles. The first-order valence-corrected chi connectivity index (χ1v) is 15.0. The van der Waals surface area contributed by atoms with Gasteiger partial charge >= 0.3 is 6.03 Å². The highest BCUT2D eigenvalue weighted by atomic mass is 16.5. The topological polar surface area (TPSA) is 144 Å². The normalized spacial score (nSPS) is 17.5. The third kappa shape index (κ3) is 6.76. The molecule has 2 unspecified atom stereocenters. The molecule has 2 fully saturated rings. The Bertz CT molecular complexity index is 1460. The first-order chi connectivity index (χ1) is 21.3. The molecule has 12 heteroatoms. The summed E-state index contributed by atoms with van der Waals surface area (Å²) in [5, 5.41) is 10.1. The number of amides is 3. The van der Waals surface area contributed by atoms with E-state index in [2.05, 4.69) is 15.5 Å². The van der Waals surface area contributed by atoms with Gasteiger partial charge in [0.15, 0.2) is 0 Å². The summed E-state index contributed by atoms with van der Waals surface area (Å²) in [4.78, 5) is 31.8. The monoisotopic (exact) mass is 606 g/mol. The second-order valence-corrected chi connectivity index (χ2v) is 11.2. The molecule has 2 saturated heterocycles. The number of hydrogen-bond donors (Lipinski definition) is 3. The zero-order valence-electron chi connectivity index (χ0n) is 25.9. The minimum Gasteiger partial charge on any atom is -0.497 e. The summed E-state index contributed by atoms with van der Waals surface area (Å²) in [5.74, 6) is 0.820. The summed E-state index contributed by atoms with van der Waals surface area (Å²) in [6, 6.07) is 8.40. The number of aryl methyl sites for hydroxylation is 2. The van der Waals surface area contributed by atoms with E-state index in [4.69, 9.17) is 24.7 Å². The van der Waals surface area contributed by atoms with Crippen molar-refractivity contribution in [2.24, 2.45) is 0 Å². The maximum atomic E-state index is 14.4. The first kappa shape index (κ1) is 31.1. The molecule has 2 atom stereocenters. The number of aromatic nitrogens is 2. The molecule has 0 bridgehead atoms. The highest BCUT2D eigenvalue weighted by Crippen LogP contribution is 2.37. The number of carbonyl (C=O) groups excluding carboxylic acids is 2. The Morgan fingerprint density at radius 3 is 2.59 bits per heavy atom. The summed E-state index contributed by atoms with van der Waals surface area (Å²) in [7, 11) is 3.18. The summed E-state index contributed by atoms with van der Waals surface area (Å²) in [6.45, 7) is 6.51. The fourth-order valence-electron chi connectivity index (χ4n) is 5.80. The minimum atomic E-state index is -0.631. The van der Waals surface area contributed by atoms with Crippen LogP contribution in [0.15, 0.2) is 36.5 Å². The van der Waals surface area contributed by atoms with Gasteiger partial charge in [0.05, 0.1) is 63.7 Å². The van der Waals surface area contributed by atoms with Gasteiger partial charge in [-0.3, -0.25) is 9.89 Å². The number of H-pyrrole nitrogens is 1. The molecule has 0 aliphatic carbocycles. The average molecular weight is 607 g/mol. The van der Waals surface area contributed by atoms with Gasteiger partial charge in [-0.2, -0.15) is 5.10 Å². The molecule has 1 aromatic heterocycles. The lowest BCUT2D eigenvalue weighted by Crippen LogP contribution is -2.51. The number of anilines is 2. The summed E-state index contributed by atoms with van der Waals surface area (Å²) < 4.78 is 23.0. The van der Waals surface area contributed by atoms with E-state index in [1.165, 1.54) is 0 Å². The van der Waals surface area contributed by atoms with Crippen molar-refractivity contribution in [3.05, 3.63) is 64.5 Å². The number of carbonyl (C=O) groups is 2. The van der Waals surface area contributed by atoms with Crippen LogP contribution in [0.25, 0.3) is 0 Å². The van der Waals surface area contributed by atoms with Crippen molar-refractivity contribution in [3.8, 4) is 11.5 Å². The molecular weight excluding hydrogens is 564 g/mol. The Balaban J connectivity index is 1.57. The smallest absolute Gasteiger partial charge is 0.321 e. The zero-order valence-corrected chi connectivity index (χ0v) is 25.9. The van der Waals surface area contributed by atoms with E-state index >= 15 is 0 Å². The predicted molar refractivity (Wildman–Crippen MR) is 166 cm³/mol. The molecule has 44 heavy (non-hydrogen) atoms. The van der Waals surface area contributed by atoms with Crippen molar-refractivity contribution in [1.82, 2.24) is 20.0 Å². The molecular formula is C32H42N6O6. The molecule has 4 N–H and O–H groups in total. The minimum absolute atomic E-state index is 0.184. The van der Waals surface area contributed by atoms with E-state index in [1.54, 1.807) is 36.3 Å². The Labute approximate surface area is 257 Å². The lowest BCUT2D eigenvalue weighted by atomic mass is 9.93. The van der Waals surface area contributed by atoms with E-state index < -0.39 is 11.9 Å². The zero-order chi connectivity index (χ0) is 31.2. The number of urea groups is 1. The molecule has 5 rings (SSSR count). The molecule has 236 valence electrons. The largest absolute Gasteiger partial charge is 0.497 e. The van der Waals surface area contributed by atoms with Gasteiger partial charge in [0, 0.05) is 36.9 Å². The van der Waals surface area contributed by atoms with E-state index in [-0.39, 0.29) is 24.4 Å². The van der Waals surface area contributed by atoms with Gasteiger partial charge in [-0.25, -0.2) is 4.79 Å². The van der Waals surface area contributed by atoms with Crippen LogP contribution in [0.5, 0.6) is 11.5 Å². The molecule has 12 nitrogen and oxygen atoms in total. The standard InChI is InChI=1S/C32H42N6O6/c1-20-15-25(33)26(16-21(20)2)35-31(39)29-24(18-34-36-29)30(27-7-5-6-12-44-27)38(32(40)37-10-13-43-14-11-37)19-22-8-9-23(41-3)17-28(22)42-4/h8-9,15-18,27,30H,5-7,10-14,19,33H2,1-4H3,(H,34,36)(H,35,39). The number of ether oxygens (including phenoxy) is 4. The highest BCUT2D eigenvalue weighted by molar-refractivity contribution is 6.05. The van der Waals surface area contributed by atoms with Crippen LogP contribution in [0.3, 0.4) is 0 Å². The average Bonchev–Trinajstić information content (AvgIpc) is 3.53. The molecule has 2 aromatic carbocycles. The Morgan fingerprint density at radius 2 is 1.89 bits per heavy atom. The molecule has 2 aliphatic rings. The van der Waals surface area contributed by atoms with Crippen molar-refractivity contribution in [2.45, 2.75) is 51.8 Å². The van der Waals surface area contributed by atoms with Gasteiger partial charge in [-0.1, -0.05) is 0 Å². The molecule has 0 saturated carbocycles. The van der Waals surface area contributed by atoms with Gasteiger partial charge < -0.3 is 39.8 Å². The molecule has 0 spiro atoms. The Kier molecular flexibility index (Phi) is 9.91. The van der Waals surface area contributed by atoms with Crippen LogP contribution in [-0.2, 0) is 16.0 Å². The quantitative estimate of drug-likeness (QED) is 0.303. The van der Waals surface area contributed by atoms with Crippen molar-refractivity contribution >= 4 is 23.3 Å². The van der Waals surface area contributed by atoms with Gasteiger partial charge in [0.2, 0.25) is 0 Å². The van der Waals surface area contributed by atoms with Crippen molar-refractivity contribution in [2.75, 3.05) is 58.2 Å². The second-order valence-electron chi connectivity index (χ2n) is 11.2. The Hall–Kier alpha value is -4.29. The second kappa shape index (κ2) is 14.0. The van der Waals surface area contributed by atoms with Gasteiger partial charge in [0.25, 0.3) is 5.91 Å². The molecule has 0 radical (unpaired) electrons. The third-order valence-electron chi connectivity index (χ3n) is 8.39. The van der Waals surface area contributed by atoms with Crippen LogP contribution in [0.4, 0.5) is 16.2 Å². The number of nitrogens with zero attached hydrogens (tertiary/aromatic N) is 3. The molecule has 3 amide bonds. The van der Waals surface area contributed by atoms with Crippen LogP contribution in [-0.4, -0.2) is 85.2 Å². The highest BCUT2D eigenvalue weighted by Gasteiger charge is 2.39. The third-order valence-corrected chi connectivity index (χ3v) is 8.39. The number of morpholine rings is 1. The number of nitrogens with two attached hydrogens (primary N) is 1. The molecule has 2 aliphatic heterocycles. The van der Waals surface area contributed by atoms with Crippen molar-refractivity contribution in [1.29, 1.82) is 0 Å². The van der Waals surface area contributed by atoms with Crippen molar-refractivity contribution in [3.63, 3.8) is 0 Å². The Morgan fingerprint density at radius 1 is 1.11 bits per heavy atom. The van der Waals surface area contributed by atoms with Crippen LogP contribution in [0, 0.1) is 13.8 Å². The van der Waals surface area contributed by atoms with Gasteiger partial charge in [-0.05, 0) is 68.5 Å². The maximum absolute atomic E-state index is 14.4. The van der Waals surface area contributed by atoms with E-state index in [1.807, 2.05) is 38.1 Å².